The summed E-state index contributed by atoms with van der Waals surface area (Å²) in [5, 5.41) is 0.531. The molecule has 286 valence electrons. The molecule has 4 aliphatic rings. The molecule has 0 saturated carbocycles. The van der Waals surface area contributed by atoms with Crippen LogP contribution < -0.4 is 10.5 Å². The van der Waals surface area contributed by atoms with Gasteiger partial charge in [-0.15, -0.1) is 0 Å². The monoisotopic (exact) mass is 767 g/mol. The fourth-order valence-electron chi connectivity index (χ4n) is 8.71. The minimum Gasteiger partial charge on any atom is -0.493 e. The molecule has 3 fully saturated rings. The number of hydrogen-bond acceptors (Lipinski definition) is 10. The molecule has 11 nitrogen and oxygen atoms in total. The lowest BCUT2D eigenvalue weighted by Gasteiger charge is -2.45. The summed E-state index contributed by atoms with van der Waals surface area (Å²) in [6, 6.07) is 14.5. The number of esters is 2. The van der Waals surface area contributed by atoms with Crippen LogP contribution in [0.1, 0.15) is 62.0 Å². The van der Waals surface area contributed by atoms with Crippen LogP contribution in [0, 0.1) is 5.92 Å². The Morgan fingerprint density at radius 3 is 2.21 bits per heavy atom. The van der Waals surface area contributed by atoms with Crippen LogP contribution in [-0.2, 0) is 30.3 Å². The Labute approximate surface area is 322 Å². The largest absolute Gasteiger partial charge is 0.493 e. The number of methoxy groups -OCH3 is 2. The van der Waals surface area contributed by atoms with E-state index in [1.165, 1.54) is 39.9 Å². The van der Waals surface area contributed by atoms with Gasteiger partial charge >= 0.3 is 11.9 Å². The summed E-state index contributed by atoms with van der Waals surface area (Å²) in [5.74, 6) is -2.92. The van der Waals surface area contributed by atoms with Crippen LogP contribution in [0.3, 0.4) is 0 Å². The number of piperidine rings is 1. The number of allylic oxidation sites excluding steroid dienone is 1. The Balaban J connectivity index is 1.31. The molecule has 4 heterocycles. The van der Waals surface area contributed by atoms with Crippen molar-refractivity contribution >= 4 is 46.8 Å². The van der Waals surface area contributed by atoms with Gasteiger partial charge in [-0.3, -0.25) is 19.5 Å². The first-order chi connectivity index (χ1) is 25.6. The standard InChI is InChI=1S/C40H51Cl2N5O6/c1-45-26-13-14-27(45)23-28(22-26)46-17-19-47(20-18-46)34(48)24-32-37(40(50)52-3)38(35-29(41)9-6-10-30(35)42)36(39(49)51-2)31(44-32)15-12-25-8-4-5-11-33(25)53-21-7-16-43/h4-6,8-11,26-28,37-38H,7,12-24,43H2,1-3H3. The summed E-state index contributed by atoms with van der Waals surface area (Å²) in [7, 11) is 4.81. The molecule has 53 heavy (non-hydrogen) atoms. The fourth-order valence-corrected chi connectivity index (χ4v) is 9.34. The zero-order valence-corrected chi connectivity index (χ0v) is 32.4. The molecule has 2 aromatic rings. The molecular formula is C40H51Cl2N5O6. The van der Waals surface area contributed by atoms with E-state index in [-0.39, 0.29) is 34.4 Å². The van der Waals surface area contributed by atoms with Crippen molar-refractivity contribution < 1.29 is 28.6 Å². The number of carbonyl (C=O) groups excluding carboxylic acids is 3. The normalized spacial score (nSPS) is 24.9. The molecule has 13 heteroatoms. The van der Waals surface area contributed by atoms with Gasteiger partial charge in [0.25, 0.3) is 0 Å². The maximum absolute atomic E-state index is 14.1. The number of ether oxygens (including phenoxy) is 3. The maximum Gasteiger partial charge on any atom is 0.336 e. The van der Waals surface area contributed by atoms with Crippen molar-refractivity contribution in [2.75, 3.05) is 60.6 Å². The van der Waals surface area contributed by atoms with E-state index in [2.05, 4.69) is 16.8 Å². The van der Waals surface area contributed by atoms with Crippen molar-refractivity contribution in [1.82, 2.24) is 14.7 Å². The molecule has 4 atom stereocenters. The summed E-state index contributed by atoms with van der Waals surface area (Å²) in [4.78, 5) is 53.7. The lowest BCUT2D eigenvalue weighted by atomic mass is 9.73. The molecular weight excluding hydrogens is 717 g/mol. The first kappa shape index (κ1) is 39.2. The lowest BCUT2D eigenvalue weighted by molar-refractivity contribution is -0.143. The van der Waals surface area contributed by atoms with Crippen LogP contribution in [0.5, 0.6) is 5.75 Å². The van der Waals surface area contributed by atoms with Crippen molar-refractivity contribution in [2.45, 2.75) is 75.4 Å². The molecule has 4 aliphatic heterocycles. The molecule has 0 radical (unpaired) electrons. The molecule has 0 aliphatic carbocycles. The van der Waals surface area contributed by atoms with E-state index in [4.69, 9.17) is 48.1 Å². The number of nitrogens with two attached hydrogens (primary N) is 1. The van der Waals surface area contributed by atoms with Crippen molar-refractivity contribution in [2.24, 2.45) is 16.6 Å². The Morgan fingerprint density at radius 1 is 0.887 bits per heavy atom. The van der Waals surface area contributed by atoms with Crippen LogP contribution in [0.2, 0.25) is 10.0 Å². The average molecular weight is 769 g/mol. The predicted octanol–water partition coefficient (Wildman–Crippen LogP) is 5.27. The Kier molecular flexibility index (Phi) is 13.2. The topological polar surface area (TPSA) is 127 Å². The number of aryl methyl sites for hydroxylation is 1. The van der Waals surface area contributed by atoms with Gasteiger partial charge in [-0.1, -0.05) is 47.5 Å². The van der Waals surface area contributed by atoms with Gasteiger partial charge in [0.05, 0.1) is 38.5 Å². The summed E-state index contributed by atoms with van der Waals surface area (Å²) in [5.41, 5.74) is 7.80. The van der Waals surface area contributed by atoms with Crippen LogP contribution in [-0.4, -0.2) is 117 Å². The van der Waals surface area contributed by atoms with Crippen molar-refractivity contribution in [3.05, 3.63) is 74.9 Å². The van der Waals surface area contributed by atoms with Crippen LogP contribution >= 0.6 is 23.2 Å². The number of amides is 1. The number of fused-ring (bicyclic) bond motifs is 2. The van der Waals surface area contributed by atoms with E-state index in [0.717, 1.165) is 18.7 Å². The van der Waals surface area contributed by atoms with E-state index in [0.29, 0.717) is 79.9 Å². The van der Waals surface area contributed by atoms with Crippen molar-refractivity contribution in [1.29, 1.82) is 0 Å². The van der Waals surface area contributed by atoms with E-state index >= 15 is 0 Å². The van der Waals surface area contributed by atoms with E-state index in [1.54, 1.807) is 18.2 Å². The molecule has 2 bridgehead atoms. The Morgan fingerprint density at radius 2 is 1.57 bits per heavy atom. The third-order valence-electron chi connectivity index (χ3n) is 11.6. The summed E-state index contributed by atoms with van der Waals surface area (Å²) in [6.07, 6.45) is 6.19. The number of para-hydroxylation sites is 1. The number of piperazine rings is 1. The summed E-state index contributed by atoms with van der Waals surface area (Å²) in [6.45, 7) is 3.76. The number of hydrogen-bond donors (Lipinski definition) is 1. The molecule has 4 unspecified atom stereocenters. The van der Waals surface area contributed by atoms with Gasteiger partial charge in [0.15, 0.2) is 0 Å². The second-order valence-electron chi connectivity index (χ2n) is 14.4. The van der Waals surface area contributed by atoms with Crippen molar-refractivity contribution in [3.8, 4) is 5.75 Å². The highest BCUT2D eigenvalue weighted by atomic mass is 35.5. The number of benzene rings is 2. The van der Waals surface area contributed by atoms with E-state index in [1.807, 2.05) is 29.2 Å². The smallest absolute Gasteiger partial charge is 0.336 e. The number of halogens is 2. The molecule has 6 rings (SSSR count). The number of nitrogens with zero attached hydrogens (tertiary/aromatic N) is 4. The van der Waals surface area contributed by atoms with Gasteiger partial charge in [-0.2, -0.15) is 0 Å². The molecule has 3 saturated heterocycles. The Bertz CT molecular complexity index is 1690. The molecule has 1 amide bonds. The van der Waals surface area contributed by atoms with E-state index in [9.17, 15) is 14.4 Å². The summed E-state index contributed by atoms with van der Waals surface area (Å²) < 4.78 is 16.7. The first-order valence-corrected chi connectivity index (χ1v) is 19.5. The molecule has 2 N–H and O–H groups in total. The van der Waals surface area contributed by atoms with Gasteiger partial charge in [0.2, 0.25) is 5.91 Å². The molecule has 0 spiro atoms. The van der Waals surface area contributed by atoms with Gasteiger partial charge in [-0.05, 0) is 87.9 Å². The third kappa shape index (κ3) is 8.60. The fraction of sp³-hybridized carbons (Fsp3) is 0.550. The summed E-state index contributed by atoms with van der Waals surface area (Å²) >= 11 is 13.6. The zero-order valence-electron chi connectivity index (χ0n) is 30.9. The SMILES string of the molecule is COC(=O)C1=C(CCc2ccccc2OCCCN)N=C(CC(=O)N2CCN(C3CC4CCC(C3)N4C)CC2)C(C(=O)OC)C1c1c(Cl)cccc1Cl. The lowest BCUT2D eigenvalue weighted by Crippen LogP contribution is -2.56. The van der Waals surface area contributed by atoms with Crippen molar-refractivity contribution in [3.63, 3.8) is 0 Å². The maximum atomic E-state index is 14.1. The van der Waals surface area contributed by atoms with Crippen LogP contribution in [0.4, 0.5) is 0 Å². The van der Waals surface area contributed by atoms with Crippen LogP contribution in [0.15, 0.2) is 58.7 Å². The zero-order chi connectivity index (χ0) is 37.6. The number of aliphatic imine (C=N–C) groups is 1. The third-order valence-corrected chi connectivity index (χ3v) is 12.2. The van der Waals surface area contributed by atoms with Crippen LogP contribution in [0.25, 0.3) is 0 Å². The predicted molar refractivity (Wildman–Crippen MR) is 205 cm³/mol. The average Bonchev–Trinajstić information content (AvgIpc) is 3.35. The first-order valence-electron chi connectivity index (χ1n) is 18.7. The highest BCUT2D eigenvalue weighted by Crippen LogP contribution is 2.47. The minimum absolute atomic E-state index is 0.131. The highest BCUT2D eigenvalue weighted by molar-refractivity contribution is 6.36. The molecule has 2 aromatic carbocycles. The number of carbonyl (C=O) groups is 3. The second-order valence-corrected chi connectivity index (χ2v) is 15.3. The van der Waals surface area contributed by atoms with Gasteiger partial charge in [0.1, 0.15) is 11.7 Å². The second kappa shape index (κ2) is 17.8. The number of rotatable bonds is 13. The van der Waals surface area contributed by atoms with Gasteiger partial charge in [-0.25, -0.2) is 4.79 Å². The Hall–Kier alpha value is -3.48. The van der Waals surface area contributed by atoms with Gasteiger partial charge < -0.3 is 29.7 Å². The van der Waals surface area contributed by atoms with Gasteiger partial charge in [0, 0.05) is 66.0 Å². The minimum atomic E-state index is -1.15. The quantitative estimate of drug-likeness (QED) is 0.214. The van der Waals surface area contributed by atoms with E-state index < -0.39 is 23.8 Å². The molecule has 0 aromatic heterocycles. The highest BCUT2D eigenvalue weighted by Gasteiger charge is 2.47.